The molecule has 0 aromatic rings. The molecule has 1 heterocycles. The topological polar surface area (TPSA) is 111 Å². The summed E-state index contributed by atoms with van der Waals surface area (Å²) in [4.78, 5) is 48.4. The molecule has 142 valence electrons. The lowest BCUT2D eigenvalue weighted by atomic mass is 9.86. The Balaban J connectivity index is 2.69. The van der Waals surface area contributed by atoms with Crippen molar-refractivity contribution in [2.45, 2.75) is 51.7 Å². The molecule has 9 heteroatoms. The predicted octanol–water partition coefficient (Wildman–Crippen LogP) is 0.608. The molecule has 1 rings (SSSR count). The summed E-state index contributed by atoms with van der Waals surface area (Å²) in [5, 5.41) is 2.64. The van der Waals surface area contributed by atoms with Crippen LogP contribution >= 0.6 is 0 Å². The number of rotatable bonds is 6. The Morgan fingerprint density at radius 1 is 1.12 bits per heavy atom. The van der Waals surface area contributed by atoms with Crippen LogP contribution in [-0.4, -0.2) is 66.8 Å². The largest absolute Gasteiger partial charge is 0.469 e. The van der Waals surface area contributed by atoms with Crippen molar-refractivity contribution in [3.8, 4) is 0 Å². The molecular formula is C16H26N2O7. The number of carbonyl (C=O) groups excluding carboxylic acids is 4. The highest BCUT2D eigenvalue weighted by atomic mass is 16.6. The summed E-state index contributed by atoms with van der Waals surface area (Å²) < 4.78 is 14.6. The second-order valence-corrected chi connectivity index (χ2v) is 6.90. The molecule has 0 aromatic heterocycles. The Morgan fingerprint density at radius 3 is 2.20 bits per heavy atom. The van der Waals surface area contributed by atoms with E-state index in [1.54, 1.807) is 27.7 Å². The van der Waals surface area contributed by atoms with E-state index < -0.39 is 41.5 Å². The maximum Gasteiger partial charge on any atom is 0.410 e. The van der Waals surface area contributed by atoms with Crippen LogP contribution in [-0.2, 0) is 28.6 Å². The van der Waals surface area contributed by atoms with E-state index >= 15 is 0 Å². The van der Waals surface area contributed by atoms with Crippen molar-refractivity contribution in [3.05, 3.63) is 0 Å². The van der Waals surface area contributed by atoms with Crippen LogP contribution in [0.2, 0.25) is 0 Å². The van der Waals surface area contributed by atoms with Gasteiger partial charge in [-0.2, -0.15) is 0 Å². The Morgan fingerprint density at radius 2 is 1.72 bits per heavy atom. The zero-order chi connectivity index (χ0) is 19.3. The fourth-order valence-corrected chi connectivity index (χ4v) is 2.41. The van der Waals surface area contributed by atoms with Gasteiger partial charge >= 0.3 is 18.0 Å². The number of nitrogens with zero attached hydrogens (tertiary/aromatic N) is 1. The van der Waals surface area contributed by atoms with Gasteiger partial charge in [0, 0.05) is 13.1 Å². The molecule has 9 nitrogen and oxygen atoms in total. The Kier molecular flexibility index (Phi) is 6.78. The first-order chi connectivity index (χ1) is 11.5. The van der Waals surface area contributed by atoms with Crippen LogP contribution in [0.3, 0.4) is 0 Å². The first-order valence-electron chi connectivity index (χ1n) is 8.01. The monoisotopic (exact) mass is 358 g/mol. The number of carbonyl (C=O) groups is 4. The molecule has 0 radical (unpaired) electrons. The van der Waals surface area contributed by atoms with Gasteiger partial charge in [-0.3, -0.25) is 14.4 Å². The molecule has 1 fully saturated rings. The molecule has 1 saturated heterocycles. The van der Waals surface area contributed by atoms with Gasteiger partial charge in [-0.15, -0.1) is 0 Å². The van der Waals surface area contributed by atoms with Gasteiger partial charge in [-0.05, 0) is 27.7 Å². The number of nitrogens with one attached hydrogen (secondary N) is 1. The van der Waals surface area contributed by atoms with Crippen molar-refractivity contribution in [2.75, 3.05) is 26.8 Å². The third kappa shape index (κ3) is 6.60. The quantitative estimate of drug-likeness (QED) is 0.420. The molecule has 0 bridgehead atoms. The molecule has 25 heavy (non-hydrogen) atoms. The molecule has 1 N–H and O–H groups in total. The molecule has 1 aliphatic heterocycles. The highest BCUT2D eigenvalue weighted by molar-refractivity contribution is 5.95. The normalized spacial score (nSPS) is 15.6. The Labute approximate surface area is 147 Å². The van der Waals surface area contributed by atoms with Crippen molar-refractivity contribution in [2.24, 2.45) is 0 Å². The van der Waals surface area contributed by atoms with Gasteiger partial charge in [-0.1, -0.05) is 0 Å². The molecule has 0 spiro atoms. The molecule has 0 saturated carbocycles. The number of hydrogen-bond acceptors (Lipinski definition) is 7. The summed E-state index contributed by atoms with van der Waals surface area (Å²) in [6.45, 7) is 7.22. The molecular weight excluding hydrogens is 332 g/mol. The second-order valence-electron chi connectivity index (χ2n) is 6.90. The van der Waals surface area contributed by atoms with Crippen molar-refractivity contribution in [1.82, 2.24) is 10.2 Å². The summed E-state index contributed by atoms with van der Waals surface area (Å²) in [6.07, 6.45) is -1.10. The van der Waals surface area contributed by atoms with Crippen molar-refractivity contribution >= 4 is 23.9 Å². The van der Waals surface area contributed by atoms with E-state index in [1.807, 2.05) is 0 Å². The highest BCUT2D eigenvalue weighted by Crippen LogP contribution is 2.27. The van der Waals surface area contributed by atoms with Gasteiger partial charge in [0.05, 0.1) is 25.7 Å². The van der Waals surface area contributed by atoms with Crippen LogP contribution in [0, 0.1) is 0 Å². The van der Waals surface area contributed by atoms with Gasteiger partial charge in [0.25, 0.3) is 0 Å². The van der Waals surface area contributed by atoms with Crippen LogP contribution < -0.4 is 5.32 Å². The van der Waals surface area contributed by atoms with Crippen LogP contribution in [0.25, 0.3) is 0 Å². The second kappa shape index (κ2) is 8.17. The van der Waals surface area contributed by atoms with E-state index in [-0.39, 0.29) is 26.1 Å². The van der Waals surface area contributed by atoms with Crippen LogP contribution in [0.5, 0.6) is 0 Å². The summed E-state index contributed by atoms with van der Waals surface area (Å²) >= 11 is 0. The molecule has 0 unspecified atom stereocenters. The lowest BCUT2D eigenvalue weighted by Gasteiger charge is -2.49. The average Bonchev–Trinajstić information content (AvgIpc) is 2.41. The van der Waals surface area contributed by atoms with Crippen LogP contribution in [0.4, 0.5) is 4.79 Å². The molecule has 0 aromatic carbocycles. The number of methoxy groups -OCH3 is 1. The minimum absolute atomic E-state index is 0.0889. The van der Waals surface area contributed by atoms with Crippen LogP contribution in [0.1, 0.15) is 40.5 Å². The zero-order valence-electron chi connectivity index (χ0n) is 15.3. The van der Waals surface area contributed by atoms with Crippen molar-refractivity contribution in [1.29, 1.82) is 0 Å². The van der Waals surface area contributed by atoms with Gasteiger partial charge < -0.3 is 24.4 Å². The zero-order valence-corrected chi connectivity index (χ0v) is 15.3. The fraction of sp³-hybridized carbons (Fsp3) is 0.750. The van der Waals surface area contributed by atoms with Gasteiger partial charge in [0.15, 0.2) is 0 Å². The van der Waals surface area contributed by atoms with E-state index in [9.17, 15) is 19.2 Å². The maximum absolute atomic E-state index is 12.0. The standard InChI is InChI=1S/C16H26N2O7/c1-6-24-12(20)7-11(19)17-16(8-13(21)23-5)9-18(10-16)14(22)25-15(2,3)4/h6-10H2,1-5H3,(H,17,19). The lowest BCUT2D eigenvalue weighted by molar-refractivity contribution is -0.148. The number of esters is 2. The lowest BCUT2D eigenvalue weighted by Crippen LogP contribution is -2.72. The minimum Gasteiger partial charge on any atom is -0.469 e. The first-order valence-corrected chi connectivity index (χ1v) is 8.01. The highest BCUT2D eigenvalue weighted by Gasteiger charge is 2.49. The third-order valence-electron chi connectivity index (χ3n) is 3.36. The van der Waals surface area contributed by atoms with E-state index in [0.717, 1.165) is 0 Å². The Bertz CT molecular complexity index is 533. The van der Waals surface area contributed by atoms with Gasteiger partial charge in [0.1, 0.15) is 12.0 Å². The van der Waals surface area contributed by atoms with Crippen LogP contribution in [0.15, 0.2) is 0 Å². The SMILES string of the molecule is CCOC(=O)CC(=O)NC1(CC(=O)OC)CN(C(=O)OC(C)(C)C)C1. The van der Waals surface area contributed by atoms with E-state index in [1.165, 1.54) is 12.0 Å². The summed E-state index contributed by atoms with van der Waals surface area (Å²) in [6, 6.07) is 0. The third-order valence-corrected chi connectivity index (χ3v) is 3.36. The number of hydrogen-bond donors (Lipinski definition) is 1. The predicted molar refractivity (Wildman–Crippen MR) is 86.6 cm³/mol. The molecule has 0 aliphatic carbocycles. The summed E-state index contributed by atoms with van der Waals surface area (Å²) in [7, 11) is 1.24. The number of likely N-dealkylation sites (tertiary alicyclic amines) is 1. The van der Waals surface area contributed by atoms with E-state index in [0.29, 0.717) is 0 Å². The van der Waals surface area contributed by atoms with E-state index in [4.69, 9.17) is 9.47 Å². The van der Waals surface area contributed by atoms with E-state index in [2.05, 4.69) is 10.1 Å². The smallest absolute Gasteiger partial charge is 0.410 e. The molecule has 2 amide bonds. The number of ether oxygens (including phenoxy) is 3. The Hall–Kier alpha value is -2.32. The van der Waals surface area contributed by atoms with Crippen molar-refractivity contribution in [3.63, 3.8) is 0 Å². The van der Waals surface area contributed by atoms with Gasteiger partial charge in [0.2, 0.25) is 5.91 Å². The summed E-state index contributed by atoms with van der Waals surface area (Å²) in [5.74, 6) is -1.76. The number of amides is 2. The first kappa shape index (κ1) is 20.7. The fourth-order valence-electron chi connectivity index (χ4n) is 2.41. The molecule has 0 atom stereocenters. The van der Waals surface area contributed by atoms with Gasteiger partial charge in [-0.25, -0.2) is 4.79 Å². The van der Waals surface area contributed by atoms with Crippen molar-refractivity contribution < 1.29 is 33.4 Å². The molecule has 1 aliphatic rings. The average molecular weight is 358 g/mol. The maximum atomic E-state index is 12.0. The summed E-state index contributed by atoms with van der Waals surface area (Å²) in [5.41, 5.74) is -1.63. The minimum atomic E-state index is -0.979.